The van der Waals surface area contributed by atoms with E-state index in [4.69, 9.17) is 18.9 Å². The topological polar surface area (TPSA) is 56.8 Å². The van der Waals surface area contributed by atoms with Gasteiger partial charge in [0.1, 0.15) is 16.8 Å². The molecule has 5 rings (SSSR count). The number of rotatable bonds is 0. The largest absolute Gasteiger partial charge is 1.00 e. The van der Waals surface area contributed by atoms with Crippen molar-refractivity contribution in [3.05, 3.63) is 11.8 Å². The summed E-state index contributed by atoms with van der Waals surface area (Å²) in [7, 11) is 0. The third kappa shape index (κ3) is 2.26. The number of fused-ring (bicyclic) bond motifs is 3. The van der Waals surface area contributed by atoms with Crippen molar-refractivity contribution in [1.29, 1.82) is 0 Å². The zero-order valence-electron chi connectivity index (χ0n) is 14.7. The van der Waals surface area contributed by atoms with Crippen LogP contribution in [0.15, 0.2) is 11.8 Å². The zero-order valence-corrected chi connectivity index (χ0v) is 20.9. The van der Waals surface area contributed by atoms with Crippen LogP contribution in [0, 0.1) is 0 Å². The summed E-state index contributed by atoms with van der Waals surface area (Å²) in [5, 5.41) is 13.3. The fourth-order valence-corrected chi connectivity index (χ4v) is 6.13. The molecule has 4 saturated heterocycles. The van der Waals surface area contributed by atoms with Crippen LogP contribution in [0.4, 0.5) is 0 Å². The molecule has 2 radical (unpaired) electrons. The molecule has 0 saturated carbocycles. The molecule has 4 aliphatic heterocycles. The van der Waals surface area contributed by atoms with Crippen LogP contribution in [-0.2, 0) is 51.7 Å². The van der Waals surface area contributed by atoms with E-state index in [1.165, 1.54) is 0 Å². The van der Waals surface area contributed by atoms with Gasteiger partial charge in [0.05, 0.1) is 0 Å². The normalized spacial score (nSPS) is 48.2. The molecule has 4 fully saturated rings. The van der Waals surface area contributed by atoms with Gasteiger partial charge in [-0.05, 0) is 57.4 Å². The molecule has 4 atom stereocenters. The quantitative estimate of drug-likeness (QED) is 0.378. The van der Waals surface area contributed by atoms with E-state index < -0.39 is 22.4 Å². The average molecular weight is 557 g/mol. The van der Waals surface area contributed by atoms with Crippen molar-refractivity contribution < 1.29 is 64.1 Å². The van der Waals surface area contributed by atoms with E-state index in [1.54, 1.807) is 0 Å². The molecule has 0 aromatic heterocycles. The minimum atomic E-state index is -0.856. The molecule has 5 aliphatic rings. The van der Waals surface area contributed by atoms with Crippen molar-refractivity contribution in [3.8, 4) is 0 Å². The summed E-state index contributed by atoms with van der Waals surface area (Å²) in [6.45, 7) is 2.72. The van der Waals surface area contributed by atoms with Crippen LogP contribution in [0.25, 0.3) is 0 Å². The van der Waals surface area contributed by atoms with Crippen molar-refractivity contribution in [3.63, 3.8) is 0 Å². The molecule has 1 aliphatic carbocycles. The third-order valence-corrected chi connectivity index (χ3v) is 6.87. The Labute approximate surface area is 175 Å². The molecule has 0 aromatic carbocycles. The van der Waals surface area contributed by atoms with Gasteiger partial charge in [-0.3, -0.25) is 5.11 Å². The predicted molar refractivity (Wildman–Crippen MR) is 80.4 cm³/mol. The Kier molecular flexibility index (Phi) is 5.61. The summed E-state index contributed by atoms with van der Waals surface area (Å²) in [6, 6.07) is 0. The van der Waals surface area contributed by atoms with Gasteiger partial charge in [0.25, 0.3) is 0 Å². The van der Waals surface area contributed by atoms with Gasteiger partial charge in [0, 0.05) is 26.4 Å². The Morgan fingerprint density at radius 3 is 1.80 bits per heavy atom. The van der Waals surface area contributed by atoms with E-state index >= 15 is 0 Å². The first kappa shape index (κ1) is 20.3. The predicted octanol–water partition coefficient (Wildman–Crippen LogP) is -0.487. The van der Waals surface area contributed by atoms with Gasteiger partial charge < -0.3 is 31.4 Å². The third-order valence-electron chi connectivity index (χ3n) is 6.87. The van der Waals surface area contributed by atoms with Gasteiger partial charge >= 0.3 is 27.7 Å². The minimum absolute atomic E-state index is 0. The monoisotopic (exact) mass is 558 g/mol. The molecule has 4 spiro atoms. The van der Waals surface area contributed by atoms with Gasteiger partial charge in [-0.1, -0.05) is 0 Å². The van der Waals surface area contributed by atoms with Crippen molar-refractivity contribution in [2.24, 2.45) is 0 Å². The first-order chi connectivity index (χ1) is 11.2. The van der Waals surface area contributed by atoms with Crippen LogP contribution in [0.1, 0.15) is 51.4 Å². The second-order valence-electron chi connectivity index (χ2n) is 7.69. The first-order valence-corrected chi connectivity index (χ1v) is 9.17. The van der Waals surface area contributed by atoms with Crippen LogP contribution in [0.5, 0.6) is 0 Å². The molecule has 136 valence electrons. The summed E-state index contributed by atoms with van der Waals surface area (Å²) in [5.74, 6) is 0.0694. The standard InChI is InChI=1S/C18H25O5.ClH.Hg/c19-14-13-15(5-1-9-20-15)17(7-3-11-22-17)18(8-4-12-23-18)16(14)6-2-10-21-16;;/h13H,1-12H2;1H;/q;;+1/p-1/t15-,16-,17+,18+;;/m1../s1. The Hall–Kier alpha value is 0.605. The Balaban J connectivity index is 0.000000911. The molecule has 0 aromatic rings. The van der Waals surface area contributed by atoms with E-state index in [1.807, 2.05) is 6.08 Å². The fourth-order valence-electron chi connectivity index (χ4n) is 6.13. The number of ether oxygens (including phenoxy) is 4. The molecule has 25 heavy (non-hydrogen) atoms. The second kappa shape index (κ2) is 6.89. The maximum atomic E-state index is 13.3. The SMILES string of the molecule is [Cl-].[Hg+].[O]C1=C[C@]2(CCCO2)[C@@]2(CCCO2)[C@]2(CCCO2)[C@@]12CCCO2. The number of hydrogen-bond donors (Lipinski definition) is 0. The van der Waals surface area contributed by atoms with E-state index in [9.17, 15) is 5.11 Å². The van der Waals surface area contributed by atoms with Gasteiger partial charge in [-0.15, -0.1) is 0 Å². The van der Waals surface area contributed by atoms with Crippen LogP contribution in [0.2, 0.25) is 0 Å². The molecule has 0 N–H and O–H groups in total. The van der Waals surface area contributed by atoms with Crippen molar-refractivity contribution in [2.45, 2.75) is 73.8 Å². The molecule has 4 heterocycles. The maximum Gasteiger partial charge on any atom is 1.00 e. The number of hydrogen-bond acceptors (Lipinski definition) is 4. The van der Waals surface area contributed by atoms with E-state index in [0.29, 0.717) is 26.4 Å². The molecule has 7 heteroatoms. The average Bonchev–Trinajstić information content (AvgIpc) is 3.30. The van der Waals surface area contributed by atoms with Crippen LogP contribution in [-0.4, -0.2) is 48.8 Å². The van der Waals surface area contributed by atoms with Gasteiger partial charge in [-0.25, -0.2) is 0 Å². The van der Waals surface area contributed by atoms with Crippen molar-refractivity contribution >= 4 is 0 Å². The van der Waals surface area contributed by atoms with Crippen LogP contribution < -0.4 is 12.4 Å². The van der Waals surface area contributed by atoms with Gasteiger partial charge in [-0.2, -0.15) is 0 Å². The van der Waals surface area contributed by atoms with Crippen LogP contribution >= 0.6 is 0 Å². The Morgan fingerprint density at radius 1 is 0.720 bits per heavy atom. The minimum Gasteiger partial charge on any atom is -1.00 e. The molecular formula is C18H25ClHgO5. The summed E-state index contributed by atoms with van der Waals surface area (Å²) < 4.78 is 25.3. The van der Waals surface area contributed by atoms with E-state index in [-0.39, 0.29) is 45.8 Å². The van der Waals surface area contributed by atoms with Gasteiger partial charge in [0.2, 0.25) is 0 Å². The molecule has 0 bridgehead atoms. The van der Waals surface area contributed by atoms with Crippen molar-refractivity contribution in [2.75, 3.05) is 26.4 Å². The molecule has 0 amide bonds. The van der Waals surface area contributed by atoms with E-state index in [2.05, 4.69) is 0 Å². The second-order valence-corrected chi connectivity index (χ2v) is 7.69. The first-order valence-electron chi connectivity index (χ1n) is 9.17. The van der Waals surface area contributed by atoms with Crippen LogP contribution in [0.3, 0.4) is 0 Å². The summed E-state index contributed by atoms with van der Waals surface area (Å²) in [4.78, 5) is 0. The Morgan fingerprint density at radius 2 is 1.28 bits per heavy atom. The summed E-state index contributed by atoms with van der Waals surface area (Å²) in [5.41, 5.74) is -2.72. The molecule has 5 nitrogen and oxygen atoms in total. The van der Waals surface area contributed by atoms with Crippen molar-refractivity contribution in [1.82, 2.24) is 0 Å². The Bertz CT molecular complexity index is 528. The molecular weight excluding hydrogens is 532 g/mol. The fraction of sp³-hybridized carbons (Fsp3) is 0.889. The zero-order chi connectivity index (χ0) is 15.6. The number of halogens is 1. The summed E-state index contributed by atoms with van der Waals surface area (Å²) >= 11 is 0. The van der Waals surface area contributed by atoms with Gasteiger partial charge in [0.15, 0.2) is 11.4 Å². The molecule has 0 unspecified atom stereocenters. The van der Waals surface area contributed by atoms with E-state index in [0.717, 1.165) is 51.4 Å². The smallest absolute Gasteiger partial charge is 1.00 e. The summed E-state index contributed by atoms with van der Waals surface area (Å²) in [6.07, 6.45) is 8.97. The maximum absolute atomic E-state index is 13.3.